The number of nitrogens with one attached hydrogen (secondary N) is 3. The monoisotopic (exact) mass is 413 g/mol. The minimum atomic E-state index is -0.498. The third kappa shape index (κ3) is 10.8. The minimum Gasteiger partial charge on any atom is -0.445 e. The molecule has 1 aromatic rings. The lowest BCUT2D eigenvalue weighted by molar-refractivity contribution is -0.119. The number of allylic oxidation sites excluding steroid dienone is 3. The summed E-state index contributed by atoms with van der Waals surface area (Å²) in [6, 6.07) is 5.88. The quantitative estimate of drug-likeness (QED) is 0.486. The molecule has 0 unspecified atom stereocenters. The van der Waals surface area contributed by atoms with Crippen LogP contribution in [0.25, 0.3) is 0 Å². The zero-order chi connectivity index (χ0) is 22.4. The molecule has 0 aliphatic carbocycles. The van der Waals surface area contributed by atoms with Crippen molar-refractivity contribution < 1.29 is 19.1 Å². The highest BCUT2D eigenvalue weighted by Gasteiger charge is 2.06. The molecule has 0 aliphatic heterocycles. The third-order valence-corrected chi connectivity index (χ3v) is 3.96. The first-order valence-corrected chi connectivity index (χ1v) is 9.79. The highest BCUT2D eigenvalue weighted by atomic mass is 16.5. The van der Waals surface area contributed by atoms with Gasteiger partial charge in [-0.3, -0.25) is 9.59 Å². The molecule has 1 aromatic carbocycles. The maximum atomic E-state index is 11.9. The van der Waals surface area contributed by atoms with Crippen molar-refractivity contribution in [1.29, 1.82) is 0 Å². The van der Waals surface area contributed by atoms with E-state index in [2.05, 4.69) is 22.5 Å². The fourth-order valence-corrected chi connectivity index (χ4v) is 2.67. The molecule has 0 fully saturated rings. The number of benzene rings is 1. The van der Waals surface area contributed by atoms with Crippen LogP contribution in [0.1, 0.15) is 37.5 Å². The second kappa shape index (κ2) is 13.8. The Balaban J connectivity index is 2.65. The van der Waals surface area contributed by atoms with E-state index in [4.69, 9.17) is 4.74 Å². The van der Waals surface area contributed by atoms with Gasteiger partial charge in [0.25, 0.3) is 0 Å². The van der Waals surface area contributed by atoms with Crippen molar-refractivity contribution >= 4 is 17.9 Å². The summed E-state index contributed by atoms with van der Waals surface area (Å²) in [4.78, 5) is 34.3. The first-order valence-electron chi connectivity index (χ1n) is 9.79. The van der Waals surface area contributed by atoms with E-state index in [-0.39, 0.29) is 18.4 Å². The highest BCUT2D eigenvalue weighted by molar-refractivity contribution is 5.73. The number of alkyl carbamates (subject to hydrolysis) is 1. The molecule has 0 heterocycles. The molecule has 0 spiro atoms. The molecule has 7 heteroatoms. The Bertz CT molecular complexity index is 776. The van der Waals surface area contributed by atoms with Crippen LogP contribution in [-0.2, 0) is 33.8 Å². The lowest BCUT2D eigenvalue weighted by atomic mass is 10.0. The van der Waals surface area contributed by atoms with Crippen LogP contribution in [0.2, 0.25) is 0 Å². The van der Waals surface area contributed by atoms with Crippen molar-refractivity contribution in [2.45, 2.75) is 40.3 Å². The summed E-state index contributed by atoms with van der Waals surface area (Å²) in [6.07, 6.45) is 7.23. The van der Waals surface area contributed by atoms with Crippen LogP contribution < -0.4 is 16.0 Å². The van der Waals surface area contributed by atoms with E-state index in [0.717, 1.165) is 22.3 Å². The number of amides is 3. The Kier molecular flexibility index (Phi) is 11.3. The number of rotatable bonds is 11. The Morgan fingerprint density at radius 3 is 2.03 bits per heavy atom. The van der Waals surface area contributed by atoms with Crippen LogP contribution in [0.5, 0.6) is 0 Å². The van der Waals surface area contributed by atoms with Gasteiger partial charge in [0.2, 0.25) is 11.8 Å². The SMILES string of the molecule is C=C/C=C(\C=C/C)COC(=O)NCCc1cc(CNC(C)=O)cc(CNC(C)=O)c1. The predicted octanol–water partition coefficient (Wildman–Crippen LogP) is 2.92. The lowest BCUT2D eigenvalue weighted by Crippen LogP contribution is -2.27. The van der Waals surface area contributed by atoms with Crippen molar-refractivity contribution in [2.24, 2.45) is 0 Å². The second-order valence-electron chi connectivity index (χ2n) is 6.71. The average molecular weight is 414 g/mol. The van der Waals surface area contributed by atoms with Crippen LogP contribution in [0.3, 0.4) is 0 Å². The molecule has 3 amide bonds. The van der Waals surface area contributed by atoms with Crippen molar-refractivity contribution in [3.05, 3.63) is 71.3 Å². The summed E-state index contributed by atoms with van der Waals surface area (Å²) >= 11 is 0. The Morgan fingerprint density at radius 1 is 0.967 bits per heavy atom. The standard InChI is InChI=1S/C23H31N3O4/c1-5-7-19(8-6-2)16-30-23(29)24-10-9-20-11-21(14-25-17(3)27)13-22(12-20)15-26-18(4)28/h5-8,11-13H,1,9-10,14-16H2,2-4H3,(H,24,29)(H,25,27)(H,26,28)/b8-6-,19-7+. The first kappa shape index (κ1) is 24.7. The molecule has 0 saturated carbocycles. The Morgan fingerprint density at radius 2 is 1.53 bits per heavy atom. The molecule has 0 bridgehead atoms. The van der Waals surface area contributed by atoms with Gasteiger partial charge in [0, 0.05) is 33.5 Å². The average Bonchev–Trinajstić information content (AvgIpc) is 2.69. The fourth-order valence-electron chi connectivity index (χ4n) is 2.67. The highest BCUT2D eigenvalue weighted by Crippen LogP contribution is 2.12. The molecule has 3 N–H and O–H groups in total. The predicted molar refractivity (Wildman–Crippen MR) is 118 cm³/mol. The number of carbonyl (C=O) groups is 3. The summed E-state index contributed by atoms with van der Waals surface area (Å²) < 4.78 is 5.21. The van der Waals surface area contributed by atoms with Crippen molar-refractivity contribution in [1.82, 2.24) is 16.0 Å². The topological polar surface area (TPSA) is 96.5 Å². The van der Waals surface area contributed by atoms with E-state index in [1.165, 1.54) is 13.8 Å². The normalized spacial score (nSPS) is 11.1. The summed E-state index contributed by atoms with van der Waals surface area (Å²) in [6.45, 7) is 9.80. The van der Waals surface area contributed by atoms with Crippen LogP contribution in [0.4, 0.5) is 4.79 Å². The largest absolute Gasteiger partial charge is 0.445 e. The van der Waals surface area contributed by atoms with Gasteiger partial charge >= 0.3 is 6.09 Å². The fraction of sp³-hybridized carbons (Fsp3) is 0.348. The Labute approximate surface area is 178 Å². The van der Waals surface area contributed by atoms with E-state index in [1.54, 1.807) is 12.2 Å². The molecule has 162 valence electrons. The zero-order valence-corrected chi connectivity index (χ0v) is 17.9. The van der Waals surface area contributed by atoms with Crippen LogP contribution in [-0.4, -0.2) is 31.1 Å². The molecule has 0 aliphatic rings. The van der Waals surface area contributed by atoms with Crippen LogP contribution in [0.15, 0.2) is 54.7 Å². The van der Waals surface area contributed by atoms with Gasteiger partial charge in [-0.1, -0.05) is 49.1 Å². The second-order valence-corrected chi connectivity index (χ2v) is 6.71. The number of ether oxygens (including phenoxy) is 1. The van der Waals surface area contributed by atoms with Gasteiger partial charge in [-0.2, -0.15) is 0 Å². The van der Waals surface area contributed by atoms with Gasteiger partial charge in [-0.25, -0.2) is 4.79 Å². The minimum absolute atomic E-state index is 0.115. The van der Waals surface area contributed by atoms with Crippen molar-refractivity contribution in [3.8, 4) is 0 Å². The number of carbonyl (C=O) groups excluding carboxylic acids is 3. The first-order chi connectivity index (χ1) is 14.3. The smallest absolute Gasteiger partial charge is 0.407 e. The summed E-state index contributed by atoms with van der Waals surface area (Å²) in [5, 5.41) is 8.27. The van der Waals surface area contributed by atoms with Crippen LogP contribution in [0, 0.1) is 0 Å². The molecule has 0 saturated heterocycles. The molecular weight excluding hydrogens is 382 g/mol. The van der Waals surface area contributed by atoms with Gasteiger partial charge in [0.15, 0.2) is 0 Å². The molecule has 7 nitrogen and oxygen atoms in total. The molecule has 1 rings (SSSR count). The van der Waals surface area contributed by atoms with Gasteiger partial charge in [0.1, 0.15) is 6.61 Å². The van der Waals surface area contributed by atoms with E-state index >= 15 is 0 Å². The maximum absolute atomic E-state index is 11.9. The van der Waals surface area contributed by atoms with E-state index in [0.29, 0.717) is 26.1 Å². The molecule has 0 radical (unpaired) electrons. The van der Waals surface area contributed by atoms with Gasteiger partial charge in [-0.05, 0) is 35.6 Å². The molecule has 0 aromatic heterocycles. The lowest BCUT2D eigenvalue weighted by Gasteiger charge is -2.12. The van der Waals surface area contributed by atoms with E-state index < -0.39 is 6.09 Å². The molecule has 0 atom stereocenters. The number of hydrogen-bond donors (Lipinski definition) is 3. The summed E-state index contributed by atoms with van der Waals surface area (Å²) in [5.41, 5.74) is 3.68. The van der Waals surface area contributed by atoms with Gasteiger partial charge < -0.3 is 20.7 Å². The molecule has 30 heavy (non-hydrogen) atoms. The van der Waals surface area contributed by atoms with Crippen molar-refractivity contribution in [2.75, 3.05) is 13.2 Å². The zero-order valence-electron chi connectivity index (χ0n) is 17.9. The van der Waals surface area contributed by atoms with Gasteiger partial charge in [0.05, 0.1) is 0 Å². The Hall–Kier alpha value is -3.35. The third-order valence-electron chi connectivity index (χ3n) is 3.96. The summed E-state index contributed by atoms with van der Waals surface area (Å²) in [7, 11) is 0. The summed E-state index contributed by atoms with van der Waals surface area (Å²) in [5.74, 6) is -0.230. The number of hydrogen-bond acceptors (Lipinski definition) is 4. The van der Waals surface area contributed by atoms with Gasteiger partial charge in [-0.15, -0.1) is 0 Å². The maximum Gasteiger partial charge on any atom is 0.407 e. The van der Waals surface area contributed by atoms with Crippen LogP contribution >= 0.6 is 0 Å². The molecular formula is C23H31N3O4. The van der Waals surface area contributed by atoms with E-state index in [9.17, 15) is 14.4 Å². The van der Waals surface area contributed by atoms with Crippen molar-refractivity contribution in [3.63, 3.8) is 0 Å². The van der Waals surface area contributed by atoms with E-state index in [1.807, 2.05) is 37.3 Å².